The van der Waals surface area contributed by atoms with E-state index in [-0.39, 0.29) is 10.6 Å². The number of ether oxygens (including phenoxy) is 1. The smallest absolute Gasteiger partial charge is 0.129 e. The predicted octanol–water partition coefficient (Wildman–Crippen LogP) is 4.69. The molecule has 0 fully saturated rings. The summed E-state index contributed by atoms with van der Waals surface area (Å²) in [5, 5.41) is 1.96. The number of methoxy groups -OCH3 is 1. The number of hydrogen-bond acceptors (Lipinski definition) is 2. The predicted molar refractivity (Wildman–Crippen MR) is 72.8 cm³/mol. The van der Waals surface area contributed by atoms with Crippen LogP contribution in [0.5, 0.6) is 5.75 Å². The van der Waals surface area contributed by atoms with Crippen molar-refractivity contribution in [3.05, 3.63) is 51.5 Å². The zero-order valence-electron chi connectivity index (χ0n) is 9.54. The third-order valence-corrected chi connectivity index (χ3v) is 4.86. The first-order valence-corrected chi connectivity index (χ1v) is 6.94. The lowest BCUT2D eigenvalue weighted by atomic mass is 10.1. The molecule has 90 valence electrons. The molecule has 1 unspecified atom stereocenters. The number of aryl methyl sites for hydroxylation is 1. The van der Waals surface area contributed by atoms with Crippen molar-refractivity contribution >= 4 is 27.3 Å². The molecule has 0 amide bonds. The number of halogens is 2. The van der Waals surface area contributed by atoms with Crippen LogP contribution in [0.15, 0.2) is 29.6 Å². The average molecular weight is 315 g/mol. The van der Waals surface area contributed by atoms with Gasteiger partial charge >= 0.3 is 0 Å². The highest BCUT2D eigenvalue weighted by Crippen LogP contribution is 2.37. The van der Waals surface area contributed by atoms with Gasteiger partial charge in [0.15, 0.2) is 0 Å². The topological polar surface area (TPSA) is 9.23 Å². The van der Waals surface area contributed by atoms with E-state index in [0.717, 1.165) is 16.2 Å². The number of benzene rings is 1. The molecule has 1 aromatic carbocycles. The van der Waals surface area contributed by atoms with Gasteiger partial charge in [0, 0.05) is 10.3 Å². The Morgan fingerprint density at radius 3 is 2.71 bits per heavy atom. The van der Waals surface area contributed by atoms with Crippen molar-refractivity contribution in [3.63, 3.8) is 0 Å². The standard InChI is InChI=1S/C13H12BrFOS/c1-8-5-9(3-4-11(8)15)13(14)12-6-10(16-2)7-17-12/h3-7,13H,1-2H3. The minimum absolute atomic E-state index is 0.0794. The Morgan fingerprint density at radius 1 is 1.35 bits per heavy atom. The molecule has 0 aliphatic rings. The van der Waals surface area contributed by atoms with Crippen molar-refractivity contribution in [3.8, 4) is 5.75 Å². The molecule has 1 aromatic heterocycles. The van der Waals surface area contributed by atoms with Crippen LogP contribution < -0.4 is 4.74 Å². The third-order valence-electron chi connectivity index (χ3n) is 2.56. The normalized spacial score (nSPS) is 12.5. The van der Waals surface area contributed by atoms with Crippen molar-refractivity contribution in [1.29, 1.82) is 0 Å². The van der Waals surface area contributed by atoms with Crippen molar-refractivity contribution in [2.24, 2.45) is 0 Å². The summed E-state index contributed by atoms with van der Waals surface area (Å²) in [5.74, 6) is 0.686. The maximum absolute atomic E-state index is 13.2. The van der Waals surface area contributed by atoms with Gasteiger partial charge in [0.2, 0.25) is 0 Å². The minimum atomic E-state index is -0.169. The SMILES string of the molecule is COc1csc(C(Br)c2ccc(F)c(C)c2)c1. The lowest BCUT2D eigenvalue weighted by molar-refractivity contribution is 0.416. The first-order chi connectivity index (χ1) is 8.11. The quantitative estimate of drug-likeness (QED) is 0.747. The van der Waals surface area contributed by atoms with Crippen LogP contribution >= 0.6 is 27.3 Å². The summed E-state index contributed by atoms with van der Waals surface area (Å²) in [6.45, 7) is 1.77. The van der Waals surface area contributed by atoms with E-state index in [2.05, 4.69) is 15.9 Å². The summed E-state index contributed by atoms with van der Waals surface area (Å²) in [7, 11) is 1.65. The van der Waals surface area contributed by atoms with Crippen LogP contribution in [0.25, 0.3) is 0 Å². The van der Waals surface area contributed by atoms with E-state index in [9.17, 15) is 4.39 Å². The van der Waals surface area contributed by atoms with Crippen molar-refractivity contribution in [1.82, 2.24) is 0 Å². The fourth-order valence-corrected chi connectivity index (χ4v) is 3.16. The molecular formula is C13H12BrFOS. The van der Waals surface area contributed by atoms with E-state index in [1.54, 1.807) is 31.4 Å². The van der Waals surface area contributed by atoms with Crippen LogP contribution in [-0.4, -0.2) is 7.11 Å². The first kappa shape index (κ1) is 12.6. The number of rotatable bonds is 3. The Kier molecular flexibility index (Phi) is 3.84. The van der Waals surface area contributed by atoms with Crippen molar-refractivity contribution in [2.75, 3.05) is 7.11 Å². The van der Waals surface area contributed by atoms with Crippen molar-refractivity contribution < 1.29 is 9.13 Å². The summed E-state index contributed by atoms with van der Waals surface area (Å²) >= 11 is 5.25. The fourth-order valence-electron chi connectivity index (χ4n) is 1.56. The zero-order valence-corrected chi connectivity index (χ0v) is 11.9. The van der Waals surface area contributed by atoms with E-state index < -0.39 is 0 Å². The summed E-state index contributed by atoms with van der Waals surface area (Å²) < 4.78 is 18.3. The largest absolute Gasteiger partial charge is 0.496 e. The minimum Gasteiger partial charge on any atom is -0.496 e. The Hall–Kier alpha value is -0.870. The molecule has 1 atom stereocenters. The summed E-state index contributed by atoms with van der Waals surface area (Å²) in [6.07, 6.45) is 0. The Morgan fingerprint density at radius 2 is 2.12 bits per heavy atom. The average Bonchev–Trinajstić information content (AvgIpc) is 2.80. The molecule has 1 nitrogen and oxygen atoms in total. The first-order valence-electron chi connectivity index (χ1n) is 5.14. The van der Waals surface area contributed by atoms with Gasteiger partial charge in [-0.05, 0) is 30.2 Å². The second-order valence-corrected chi connectivity index (χ2v) is 5.62. The molecule has 0 bridgehead atoms. The Balaban J connectivity index is 2.29. The van der Waals surface area contributed by atoms with Crippen LogP contribution in [0, 0.1) is 12.7 Å². The van der Waals surface area contributed by atoms with Crippen molar-refractivity contribution in [2.45, 2.75) is 11.8 Å². The number of thiophene rings is 1. The van der Waals surface area contributed by atoms with Gasteiger partial charge in [0.05, 0.1) is 11.9 Å². The zero-order chi connectivity index (χ0) is 12.4. The van der Waals surface area contributed by atoms with Gasteiger partial charge in [-0.15, -0.1) is 11.3 Å². The molecule has 0 saturated heterocycles. The summed E-state index contributed by atoms with van der Waals surface area (Å²) in [4.78, 5) is 1.23. The molecule has 0 saturated carbocycles. The van der Waals surface area contributed by atoms with Gasteiger partial charge in [-0.1, -0.05) is 28.1 Å². The van der Waals surface area contributed by atoms with Crippen LogP contribution in [0.1, 0.15) is 20.8 Å². The van der Waals surface area contributed by atoms with E-state index in [0.29, 0.717) is 5.56 Å². The summed E-state index contributed by atoms with van der Waals surface area (Å²) in [5.41, 5.74) is 1.71. The van der Waals surface area contributed by atoms with Gasteiger partial charge in [-0.3, -0.25) is 0 Å². The molecule has 0 N–H and O–H groups in total. The number of alkyl halides is 1. The van der Waals surface area contributed by atoms with Gasteiger partial charge in [0.1, 0.15) is 11.6 Å². The lowest BCUT2D eigenvalue weighted by Gasteiger charge is -2.09. The van der Waals surface area contributed by atoms with E-state index in [1.807, 2.05) is 17.5 Å². The third kappa shape index (κ3) is 2.69. The molecule has 1 heterocycles. The van der Waals surface area contributed by atoms with Gasteiger partial charge < -0.3 is 4.74 Å². The number of hydrogen-bond donors (Lipinski definition) is 0. The second-order valence-electron chi connectivity index (χ2n) is 3.76. The molecule has 0 spiro atoms. The van der Waals surface area contributed by atoms with Crippen LogP contribution in [0.2, 0.25) is 0 Å². The maximum Gasteiger partial charge on any atom is 0.129 e. The lowest BCUT2D eigenvalue weighted by Crippen LogP contribution is -1.92. The van der Waals surface area contributed by atoms with Crippen LogP contribution in [0.4, 0.5) is 4.39 Å². The van der Waals surface area contributed by atoms with Gasteiger partial charge in [-0.25, -0.2) is 4.39 Å². The van der Waals surface area contributed by atoms with E-state index in [4.69, 9.17) is 4.74 Å². The monoisotopic (exact) mass is 314 g/mol. The van der Waals surface area contributed by atoms with Gasteiger partial charge in [0.25, 0.3) is 0 Å². The summed E-state index contributed by atoms with van der Waals surface area (Å²) in [6, 6.07) is 7.15. The Bertz CT molecular complexity index is 524. The molecule has 0 aliphatic carbocycles. The second kappa shape index (κ2) is 5.19. The molecule has 17 heavy (non-hydrogen) atoms. The molecule has 0 aliphatic heterocycles. The molecule has 2 rings (SSSR count). The fraction of sp³-hybridized carbons (Fsp3) is 0.231. The molecule has 0 radical (unpaired) electrons. The van der Waals surface area contributed by atoms with Gasteiger partial charge in [-0.2, -0.15) is 0 Å². The maximum atomic E-state index is 13.2. The van der Waals surface area contributed by atoms with E-state index in [1.165, 1.54) is 6.07 Å². The van der Waals surface area contributed by atoms with Crippen LogP contribution in [0.3, 0.4) is 0 Å². The highest BCUT2D eigenvalue weighted by atomic mass is 79.9. The molecule has 4 heteroatoms. The highest BCUT2D eigenvalue weighted by molar-refractivity contribution is 9.09. The molecule has 2 aromatic rings. The van der Waals surface area contributed by atoms with Crippen LogP contribution in [-0.2, 0) is 0 Å². The molecular weight excluding hydrogens is 303 g/mol. The highest BCUT2D eigenvalue weighted by Gasteiger charge is 2.14. The van der Waals surface area contributed by atoms with E-state index >= 15 is 0 Å². The Labute approximate surface area is 112 Å².